The summed E-state index contributed by atoms with van der Waals surface area (Å²) in [6, 6.07) is 6.22. The summed E-state index contributed by atoms with van der Waals surface area (Å²) in [7, 11) is 1.68. The number of hydrogen-bond acceptors (Lipinski definition) is 3. The molecule has 1 rings (SSSR count). The molecule has 3 nitrogen and oxygen atoms in total. The van der Waals surface area contributed by atoms with Crippen LogP contribution in [0.3, 0.4) is 0 Å². The Kier molecular flexibility index (Phi) is 4.60. The maximum absolute atomic E-state index is 11.1. The van der Waals surface area contributed by atoms with Crippen LogP contribution in [-0.4, -0.2) is 29.4 Å². The zero-order chi connectivity index (χ0) is 13.1. The predicted octanol–water partition coefficient (Wildman–Crippen LogP) is 2.46. The van der Waals surface area contributed by atoms with E-state index in [-0.39, 0.29) is 0 Å². The molecule has 0 aliphatic heterocycles. The summed E-state index contributed by atoms with van der Waals surface area (Å²) >= 11 is 1.58. The first-order valence-electron chi connectivity index (χ1n) is 5.51. The average Bonchev–Trinajstić information content (AvgIpc) is 2.29. The summed E-state index contributed by atoms with van der Waals surface area (Å²) < 4.78 is 0. The average molecular weight is 253 g/mol. The smallest absolute Gasteiger partial charge is 0.324 e. The molecule has 0 fully saturated rings. The number of thioether (sulfide) groups is 1. The van der Waals surface area contributed by atoms with Gasteiger partial charge in [0.25, 0.3) is 0 Å². The van der Waals surface area contributed by atoms with Gasteiger partial charge in [-0.1, -0.05) is 17.7 Å². The standard InChI is InChI=1S/C13H19NO2S/c1-9-5-6-10(2)11(7-9)17-8-13(3,14-4)12(15)16/h5-7,14H,8H2,1-4H3,(H,15,16). The fraction of sp³-hybridized carbons (Fsp3) is 0.462. The van der Waals surface area contributed by atoms with Gasteiger partial charge in [-0.3, -0.25) is 4.79 Å². The lowest BCUT2D eigenvalue weighted by Gasteiger charge is -2.23. The lowest BCUT2D eigenvalue weighted by atomic mass is 10.1. The summed E-state index contributed by atoms with van der Waals surface area (Å²) in [6.45, 7) is 5.78. The van der Waals surface area contributed by atoms with Gasteiger partial charge < -0.3 is 10.4 Å². The fourth-order valence-electron chi connectivity index (χ4n) is 1.33. The maximum Gasteiger partial charge on any atom is 0.324 e. The fourth-order valence-corrected chi connectivity index (χ4v) is 2.60. The molecule has 0 aliphatic carbocycles. The van der Waals surface area contributed by atoms with Crippen LogP contribution in [0.2, 0.25) is 0 Å². The Labute approximate surface area is 107 Å². The van der Waals surface area contributed by atoms with E-state index in [1.54, 1.807) is 25.7 Å². The van der Waals surface area contributed by atoms with Gasteiger partial charge in [-0.05, 0) is 39.4 Å². The summed E-state index contributed by atoms with van der Waals surface area (Å²) in [5.74, 6) is -0.318. The van der Waals surface area contributed by atoms with Gasteiger partial charge in [0.15, 0.2) is 0 Å². The molecule has 1 aromatic carbocycles. The van der Waals surface area contributed by atoms with Crippen molar-refractivity contribution in [1.29, 1.82) is 0 Å². The largest absolute Gasteiger partial charge is 0.480 e. The Morgan fingerprint density at radius 1 is 1.47 bits per heavy atom. The van der Waals surface area contributed by atoms with Gasteiger partial charge in [0.1, 0.15) is 5.54 Å². The molecule has 0 saturated heterocycles. The molecular formula is C13H19NO2S. The Bertz CT molecular complexity index is 420. The molecule has 0 radical (unpaired) electrons. The first kappa shape index (κ1) is 14.1. The predicted molar refractivity (Wildman–Crippen MR) is 71.7 cm³/mol. The molecule has 2 N–H and O–H groups in total. The van der Waals surface area contributed by atoms with Crippen LogP contribution in [0, 0.1) is 13.8 Å². The van der Waals surface area contributed by atoms with Crippen LogP contribution in [0.1, 0.15) is 18.1 Å². The highest BCUT2D eigenvalue weighted by Gasteiger charge is 2.31. The first-order chi connectivity index (χ1) is 7.89. The molecule has 0 saturated carbocycles. The molecule has 17 heavy (non-hydrogen) atoms. The van der Waals surface area contributed by atoms with Crippen LogP contribution in [0.15, 0.2) is 23.1 Å². The molecule has 0 spiro atoms. The van der Waals surface area contributed by atoms with E-state index >= 15 is 0 Å². The van der Waals surface area contributed by atoms with E-state index < -0.39 is 11.5 Å². The monoisotopic (exact) mass is 253 g/mol. The SMILES string of the molecule is CNC(C)(CSc1cc(C)ccc1C)C(=O)O. The third kappa shape index (κ3) is 3.48. The molecule has 0 aromatic heterocycles. The van der Waals surface area contributed by atoms with Crippen LogP contribution in [0.5, 0.6) is 0 Å². The lowest BCUT2D eigenvalue weighted by Crippen LogP contribution is -2.49. The number of hydrogen-bond donors (Lipinski definition) is 2. The molecule has 4 heteroatoms. The van der Waals surface area contributed by atoms with Crippen LogP contribution < -0.4 is 5.32 Å². The van der Waals surface area contributed by atoms with Crippen molar-refractivity contribution in [3.8, 4) is 0 Å². The zero-order valence-corrected chi connectivity index (χ0v) is 11.5. The summed E-state index contributed by atoms with van der Waals surface area (Å²) in [4.78, 5) is 12.3. The second-order valence-electron chi connectivity index (χ2n) is 4.44. The highest BCUT2D eigenvalue weighted by Crippen LogP contribution is 2.26. The maximum atomic E-state index is 11.1. The number of carbonyl (C=O) groups is 1. The molecule has 0 amide bonds. The van der Waals surface area contributed by atoms with Crippen molar-refractivity contribution in [2.24, 2.45) is 0 Å². The van der Waals surface area contributed by atoms with Crippen molar-refractivity contribution < 1.29 is 9.90 Å². The van der Waals surface area contributed by atoms with E-state index in [4.69, 9.17) is 5.11 Å². The van der Waals surface area contributed by atoms with E-state index in [0.29, 0.717) is 5.75 Å². The normalized spacial score (nSPS) is 14.4. The van der Waals surface area contributed by atoms with Gasteiger partial charge in [-0.25, -0.2) is 0 Å². The molecule has 1 aromatic rings. The van der Waals surface area contributed by atoms with Crippen molar-refractivity contribution in [2.75, 3.05) is 12.8 Å². The van der Waals surface area contributed by atoms with E-state index in [2.05, 4.69) is 23.5 Å². The topological polar surface area (TPSA) is 49.3 Å². The van der Waals surface area contributed by atoms with E-state index in [1.807, 2.05) is 13.8 Å². The Morgan fingerprint density at radius 2 is 2.12 bits per heavy atom. The Balaban J connectivity index is 2.79. The van der Waals surface area contributed by atoms with Crippen LogP contribution >= 0.6 is 11.8 Å². The van der Waals surface area contributed by atoms with Gasteiger partial charge in [0, 0.05) is 10.6 Å². The third-order valence-electron chi connectivity index (χ3n) is 2.88. The second kappa shape index (κ2) is 5.56. The Morgan fingerprint density at radius 3 is 2.65 bits per heavy atom. The van der Waals surface area contributed by atoms with E-state index in [0.717, 1.165) is 4.90 Å². The molecule has 1 atom stereocenters. The Hall–Kier alpha value is -1.00. The second-order valence-corrected chi connectivity index (χ2v) is 5.46. The minimum atomic E-state index is -0.888. The van der Waals surface area contributed by atoms with Gasteiger partial charge in [0.2, 0.25) is 0 Å². The lowest BCUT2D eigenvalue weighted by molar-refractivity contribution is -0.142. The van der Waals surface area contributed by atoms with Crippen molar-refractivity contribution in [2.45, 2.75) is 31.2 Å². The number of aliphatic carboxylic acids is 1. The zero-order valence-electron chi connectivity index (χ0n) is 10.7. The van der Waals surface area contributed by atoms with Gasteiger partial charge >= 0.3 is 5.97 Å². The molecule has 1 unspecified atom stereocenters. The van der Waals surface area contributed by atoms with Crippen molar-refractivity contribution in [3.05, 3.63) is 29.3 Å². The number of carboxylic acids is 1. The van der Waals surface area contributed by atoms with Crippen molar-refractivity contribution >= 4 is 17.7 Å². The number of nitrogens with one attached hydrogen (secondary N) is 1. The minimum Gasteiger partial charge on any atom is -0.480 e. The van der Waals surface area contributed by atoms with Crippen LogP contribution in [0.25, 0.3) is 0 Å². The van der Waals surface area contributed by atoms with Gasteiger partial charge in [-0.15, -0.1) is 11.8 Å². The number of aryl methyl sites for hydroxylation is 2. The number of carboxylic acid groups (broad SMARTS) is 1. The molecule has 0 heterocycles. The third-order valence-corrected chi connectivity index (χ3v) is 4.36. The van der Waals surface area contributed by atoms with Gasteiger partial charge in [0.05, 0.1) is 0 Å². The highest BCUT2D eigenvalue weighted by atomic mass is 32.2. The molecule has 94 valence electrons. The van der Waals surface area contributed by atoms with Crippen LogP contribution in [-0.2, 0) is 4.79 Å². The quantitative estimate of drug-likeness (QED) is 0.791. The number of likely N-dealkylation sites (N-methyl/N-ethyl adjacent to an activating group) is 1. The summed E-state index contributed by atoms with van der Waals surface area (Å²) in [5, 5.41) is 12.0. The highest BCUT2D eigenvalue weighted by molar-refractivity contribution is 7.99. The van der Waals surface area contributed by atoms with Crippen molar-refractivity contribution in [1.82, 2.24) is 5.32 Å². The summed E-state index contributed by atoms with van der Waals surface area (Å²) in [5.41, 5.74) is 1.49. The summed E-state index contributed by atoms with van der Waals surface area (Å²) in [6.07, 6.45) is 0. The van der Waals surface area contributed by atoms with Gasteiger partial charge in [-0.2, -0.15) is 0 Å². The number of benzene rings is 1. The molecular weight excluding hydrogens is 234 g/mol. The molecule has 0 bridgehead atoms. The molecule has 0 aliphatic rings. The van der Waals surface area contributed by atoms with E-state index in [1.165, 1.54) is 11.1 Å². The van der Waals surface area contributed by atoms with E-state index in [9.17, 15) is 4.79 Å². The number of rotatable bonds is 5. The van der Waals surface area contributed by atoms with Crippen LogP contribution in [0.4, 0.5) is 0 Å². The van der Waals surface area contributed by atoms with Crippen molar-refractivity contribution in [3.63, 3.8) is 0 Å². The first-order valence-corrected chi connectivity index (χ1v) is 6.50. The minimum absolute atomic E-state index is 0.503.